The smallest absolute Gasteiger partial charge is 0.161 e. The summed E-state index contributed by atoms with van der Waals surface area (Å²) in [6.45, 7) is 4.33. The Kier molecular flexibility index (Phi) is 3.77. The monoisotopic (exact) mass is 269 g/mol. The number of aryl methyl sites for hydroxylation is 1. The molecule has 0 saturated carbocycles. The Hall–Kier alpha value is -2.16. The number of benzene rings is 2. The Bertz CT molecular complexity index is 595. The average molecular weight is 269 g/mol. The third-order valence-corrected chi connectivity index (χ3v) is 3.33. The summed E-state index contributed by atoms with van der Waals surface area (Å²) in [5.74, 6) is 1.70. The lowest BCUT2D eigenvalue weighted by Gasteiger charge is -2.11. The van der Waals surface area contributed by atoms with Crippen molar-refractivity contribution in [3.63, 3.8) is 0 Å². The molecule has 0 bridgehead atoms. The van der Waals surface area contributed by atoms with E-state index in [-0.39, 0.29) is 0 Å². The minimum absolute atomic E-state index is 0.724. The van der Waals surface area contributed by atoms with E-state index in [0.29, 0.717) is 0 Å². The molecule has 1 heterocycles. The fourth-order valence-corrected chi connectivity index (χ4v) is 2.28. The van der Waals surface area contributed by atoms with Gasteiger partial charge in [-0.1, -0.05) is 18.2 Å². The molecule has 0 unspecified atom stereocenters. The number of nitrogens with one attached hydrogen (secondary N) is 1. The van der Waals surface area contributed by atoms with Gasteiger partial charge in [0.05, 0.1) is 13.2 Å². The number of rotatable bonds is 3. The molecule has 0 atom stereocenters. The highest BCUT2D eigenvalue weighted by Gasteiger charge is 2.10. The van der Waals surface area contributed by atoms with E-state index in [1.165, 1.54) is 11.1 Å². The summed E-state index contributed by atoms with van der Waals surface area (Å²) in [5, 5.41) is 3.43. The van der Waals surface area contributed by atoms with Crippen molar-refractivity contribution >= 4 is 5.69 Å². The first-order chi connectivity index (χ1) is 9.81. The van der Waals surface area contributed by atoms with Crippen LogP contribution in [0.2, 0.25) is 0 Å². The lowest BCUT2D eigenvalue weighted by atomic mass is 10.2. The first kappa shape index (κ1) is 12.9. The molecule has 0 aliphatic carbocycles. The van der Waals surface area contributed by atoms with Crippen molar-refractivity contribution in [3.05, 3.63) is 53.6 Å². The molecule has 3 rings (SSSR count). The van der Waals surface area contributed by atoms with E-state index >= 15 is 0 Å². The van der Waals surface area contributed by atoms with Gasteiger partial charge < -0.3 is 14.8 Å². The minimum Gasteiger partial charge on any atom is -0.490 e. The minimum atomic E-state index is 0.724. The summed E-state index contributed by atoms with van der Waals surface area (Å²) < 4.78 is 11.3. The molecular formula is C17H19NO2. The molecule has 104 valence electrons. The zero-order valence-corrected chi connectivity index (χ0v) is 11.7. The second-order valence-corrected chi connectivity index (χ2v) is 5.05. The van der Waals surface area contributed by atoms with Gasteiger partial charge in [-0.15, -0.1) is 0 Å². The van der Waals surface area contributed by atoms with E-state index in [9.17, 15) is 0 Å². The molecule has 2 aromatic rings. The number of hydrogen-bond donors (Lipinski definition) is 1. The van der Waals surface area contributed by atoms with E-state index in [1.54, 1.807) is 0 Å². The maximum Gasteiger partial charge on any atom is 0.161 e. The van der Waals surface area contributed by atoms with Gasteiger partial charge in [-0.25, -0.2) is 0 Å². The van der Waals surface area contributed by atoms with Gasteiger partial charge in [0.25, 0.3) is 0 Å². The third-order valence-electron chi connectivity index (χ3n) is 3.33. The van der Waals surface area contributed by atoms with E-state index < -0.39 is 0 Å². The second-order valence-electron chi connectivity index (χ2n) is 5.05. The molecule has 2 aromatic carbocycles. The molecule has 0 spiro atoms. The van der Waals surface area contributed by atoms with Crippen molar-refractivity contribution in [2.24, 2.45) is 0 Å². The highest BCUT2D eigenvalue weighted by atomic mass is 16.5. The molecule has 3 heteroatoms. The van der Waals surface area contributed by atoms with Crippen LogP contribution < -0.4 is 14.8 Å². The zero-order chi connectivity index (χ0) is 13.8. The van der Waals surface area contributed by atoms with Crippen LogP contribution in [0.15, 0.2) is 42.5 Å². The summed E-state index contributed by atoms with van der Waals surface area (Å²) in [7, 11) is 0. The summed E-state index contributed by atoms with van der Waals surface area (Å²) >= 11 is 0. The van der Waals surface area contributed by atoms with Crippen LogP contribution in [0.25, 0.3) is 0 Å². The summed E-state index contributed by atoms with van der Waals surface area (Å²) in [4.78, 5) is 0. The van der Waals surface area contributed by atoms with Gasteiger partial charge in [-0.2, -0.15) is 0 Å². The Morgan fingerprint density at radius 2 is 1.85 bits per heavy atom. The number of ether oxygens (including phenoxy) is 2. The average Bonchev–Trinajstić information content (AvgIpc) is 2.70. The van der Waals surface area contributed by atoms with E-state index in [4.69, 9.17) is 9.47 Å². The van der Waals surface area contributed by atoms with Crippen LogP contribution in [0.5, 0.6) is 11.5 Å². The third kappa shape index (κ3) is 3.05. The van der Waals surface area contributed by atoms with Gasteiger partial charge in [0, 0.05) is 18.7 Å². The van der Waals surface area contributed by atoms with Gasteiger partial charge in [0.15, 0.2) is 11.5 Å². The fraction of sp³-hybridized carbons (Fsp3) is 0.294. The molecule has 1 N–H and O–H groups in total. The first-order valence-corrected chi connectivity index (χ1v) is 7.00. The molecule has 1 aliphatic rings. The van der Waals surface area contributed by atoms with Crippen molar-refractivity contribution < 1.29 is 9.47 Å². The SMILES string of the molecule is Cc1cccc(NCc2ccc3c(c2)OCCCO3)c1. The quantitative estimate of drug-likeness (QED) is 0.920. The maximum absolute atomic E-state index is 5.71. The first-order valence-electron chi connectivity index (χ1n) is 7.00. The van der Waals surface area contributed by atoms with Gasteiger partial charge >= 0.3 is 0 Å². The van der Waals surface area contributed by atoms with Crippen LogP contribution in [-0.2, 0) is 6.54 Å². The molecular weight excluding hydrogens is 250 g/mol. The number of anilines is 1. The lowest BCUT2D eigenvalue weighted by molar-refractivity contribution is 0.297. The van der Waals surface area contributed by atoms with E-state index in [1.807, 2.05) is 6.07 Å². The standard InChI is InChI=1S/C17H19NO2/c1-13-4-2-5-15(10-13)18-12-14-6-7-16-17(11-14)20-9-3-8-19-16/h2,4-7,10-11,18H,3,8-9,12H2,1H3. The molecule has 0 radical (unpaired) electrons. The molecule has 0 saturated heterocycles. The van der Waals surface area contributed by atoms with E-state index in [0.717, 1.165) is 43.4 Å². The number of fused-ring (bicyclic) bond motifs is 1. The zero-order valence-electron chi connectivity index (χ0n) is 11.7. The van der Waals surface area contributed by atoms with Gasteiger partial charge in [-0.05, 0) is 42.3 Å². The molecule has 0 aromatic heterocycles. The Labute approximate surface area is 119 Å². The van der Waals surface area contributed by atoms with Gasteiger partial charge in [0.2, 0.25) is 0 Å². The van der Waals surface area contributed by atoms with Crippen molar-refractivity contribution in [1.82, 2.24) is 0 Å². The van der Waals surface area contributed by atoms with Crippen LogP contribution in [0.1, 0.15) is 17.5 Å². The van der Waals surface area contributed by atoms with Crippen molar-refractivity contribution in [2.75, 3.05) is 18.5 Å². The highest BCUT2D eigenvalue weighted by Crippen LogP contribution is 2.30. The lowest BCUT2D eigenvalue weighted by Crippen LogP contribution is -2.00. The fourth-order valence-electron chi connectivity index (χ4n) is 2.28. The predicted molar refractivity (Wildman–Crippen MR) is 80.6 cm³/mol. The van der Waals surface area contributed by atoms with Crippen LogP contribution in [-0.4, -0.2) is 13.2 Å². The van der Waals surface area contributed by atoms with Crippen LogP contribution in [0.3, 0.4) is 0 Å². The Balaban J connectivity index is 1.70. The summed E-state index contributed by atoms with van der Waals surface area (Å²) in [5.41, 5.74) is 3.58. The van der Waals surface area contributed by atoms with Crippen LogP contribution in [0, 0.1) is 6.92 Å². The van der Waals surface area contributed by atoms with Crippen molar-refractivity contribution in [3.8, 4) is 11.5 Å². The highest BCUT2D eigenvalue weighted by molar-refractivity contribution is 5.48. The summed E-state index contributed by atoms with van der Waals surface area (Å²) in [6.07, 6.45) is 0.936. The van der Waals surface area contributed by atoms with Crippen LogP contribution in [0.4, 0.5) is 5.69 Å². The number of hydrogen-bond acceptors (Lipinski definition) is 3. The second kappa shape index (κ2) is 5.87. The molecule has 20 heavy (non-hydrogen) atoms. The molecule has 0 amide bonds. The topological polar surface area (TPSA) is 30.5 Å². The van der Waals surface area contributed by atoms with Crippen molar-refractivity contribution in [1.29, 1.82) is 0 Å². The predicted octanol–water partition coefficient (Wildman–Crippen LogP) is 3.77. The summed E-state index contributed by atoms with van der Waals surface area (Å²) in [6, 6.07) is 14.5. The normalized spacial score (nSPS) is 13.7. The van der Waals surface area contributed by atoms with E-state index in [2.05, 4.69) is 48.6 Å². The van der Waals surface area contributed by atoms with Gasteiger partial charge in [0.1, 0.15) is 0 Å². The molecule has 0 fully saturated rings. The Morgan fingerprint density at radius 3 is 2.70 bits per heavy atom. The van der Waals surface area contributed by atoms with Gasteiger partial charge in [-0.3, -0.25) is 0 Å². The maximum atomic E-state index is 5.71. The Morgan fingerprint density at radius 1 is 1.00 bits per heavy atom. The van der Waals surface area contributed by atoms with Crippen molar-refractivity contribution in [2.45, 2.75) is 19.9 Å². The molecule has 3 nitrogen and oxygen atoms in total. The van der Waals surface area contributed by atoms with Crippen LogP contribution >= 0.6 is 0 Å². The molecule has 1 aliphatic heterocycles. The largest absolute Gasteiger partial charge is 0.490 e.